The fourth-order valence-corrected chi connectivity index (χ4v) is 1.04. The van der Waals surface area contributed by atoms with Crippen molar-refractivity contribution in [2.24, 2.45) is 0 Å². The van der Waals surface area contributed by atoms with Crippen LogP contribution >= 0.6 is 11.8 Å². The Morgan fingerprint density at radius 1 is 1.25 bits per heavy atom. The Balaban J connectivity index is 2.81. The molecule has 0 fully saturated rings. The lowest BCUT2D eigenvalue weighted by Crippen LogP contribution is -2.07. The SMILES string of the molecule is Fc1cccc(F)c1CCNCl. The van der Waals surface area contributed by atoms with Gasteiger partial charge >= 0.3 is 0 Å². The van der Waals surface area contributed by atoms with Gasteiger partial charge in [-0.3, -0.25) is 0 Å². The van der Waals surface area contributed by atoms with E-state index in [4.69, 9.17) is 11.8 Å². The monoisotopic (exact) mass is 191 g/mol. The van der Waals surface area contributed by atoms with Crippen LogP contribution < -0.4 is 4.84 Å². The van der Waals surface area contributed by atoms with Crippen molar-refractivity contribution in [1.82, 2.24) is 4.84 Å². The summed E-state index contributed by atoms with van der Waals surface area (Å²) >= 11 is 5.16. The molecule has 12 heavy (non-hydrogen) atoms. The molecule has 0 heterocycles. The van der Waals surface area contributed by atoms with E-state index in [0.29, 0.717) is 6.54 Å². The van der Waals surface area contributed by atoms with Gasteiger partial charge in [-0.05, 0) is 30.3 Å². The smallest absolute Gasteiger partial charge is 0.129 e. The molecule has 0 aliphatic heterocycles. The summed E-state index contributed by atoms with van der Waals surface area (Å²) in [5.41, 5.74) is 0.0747. The van der Waals surface area contributed by atoms with Crippen molar-refractivity contribution < 1.29 is 8.78 Å². The van der Waals surface area contributed by atoms with Gasteiger partial charge in [0.2, 0.25) is 0 Å². The highest BCUT2D eigenvalue weighted by atomic mass is 35.5. The van der Waals surface area contributed by atoms with E-state index in [2.05, 4.69) is 4.84 Å². The number of hydrogen-bond acceptors (Lipinski definition) is 1. The first kappa shape index (κ1) is 9.42. The van der Waals surface area contributed by atoms with E-state index in [-0.39, 0.29) is 12.0 Å². The normalized spacial score (nSPS) is 10.2. The molecule has 0 atom stereocenters. The van der Waals surface area contributed by atoms with Crippen molar-refractivity contribution in [3.63, 3.8) is 0 Å². The predicted octanol–water partition coefficient (Wildman–Crippen LogP) is 2.25. The summed E-state index contributed by atoms with van der Waals surface area (Å²) in [6.45, 7) is 0.347. The molecular formula is C8H8ClF2N. The van der Waals surface area contributed by atoms with Gasteiger partial charge in [-0.2, -0.15) is 0 Å². The molecule has 0 amide bonds. The molecule has 0 spiro atoms. The first-order valence-electron chi connectivity index (χ1n) is 3.52. The van der Waals surface area contributed by atoms with Crippen molar-refractivity contribution in [1.29, 1.82) is 0 Å². The van der Waals surface area contributed by atoms with Gasteiger partial charge in [0.05, 0.1) is 0 Å². The first-order valence-corrected chi connectivity index (χ1v) is 3.90. The molecule has 1 rings (SSSR count). The third-order valence-electron chi connectivity index (χ3n) is 1.53. The van der Waals surface area contributed by atoms with Crippen LogP contribution in [0.2, 0.25) is 0 Å². The van der Waals surface area contributed by atoms with Gasteiger partial charge in [0.1, 0.15) is 11.6 Å². The first-order chi connectivity index (χ1) is 5.75. The molecular weight excluding hydrogens is 184 g/mol. The minimum atomic E-state index is -0.526. The lowest BCUT2D eigenvalue weighted by molar-refractivity contribution is 0.554. The number of hydrogen-bond donors (Lipinski definition) is 1. The lowest BCUT2D eigenvalue weighted by Gasteiger charge is -2.02. The zero-order chi connectivity index (χ0) is 8.97. The van der Waals surface area contributed by atoms with Gasteiger partial charge in [-0.25, -0.2) is 13.6 Å². The molecule has 0 aliphatic rings. The Hall–Kier alpha value is -0.670. The maximum atomic E-state index is 12.9. The second-order valence-electron chi connectivity index (χ2n) is 2.33. The average Bonchev–Trinajstić information content (AvgIpc) is 2.04. The molecule has 0 unspecified atom stereocenters. The summed E-state index contributed by atoms with van der Waals surface area (Å²) in [5.74, 6) is -1.05. The van der Waals surface area contributed by atoms with Crippen LogP contribution in [-0.4, -0.2) is 6.54 Å². The number of benzene rings is 1. The highest BCUT2D eigenvalue weighted by Crippen LogP contribution is 2.11. The van der Waals surface area contributed by atoms with E-state index < -0.39 is 11.6 Å². The summed E-state index contributed by atoms with van der Waals surface area (Å²) in [6.07, 6.45) is 0.252. The van der Waals surface area contributed by atoms with Crippen molar-refractivity contribution >= 4 is 11.8 Å². The number of nitrogens with one attached hydrogen (secondary N) is 1. The van der Waals surface area contributed by atoms with Crippen LogP contribution in [0.15, 0.2) is 18.2 Å². The molecule has 66 valence electrons. The molecule has 1 nitrogen and oxygen atoms in total. The van der Waals surface area contributed by atoms with Gasteiger partial charge in [0, 0.05) is 12.1 Å². The van der Waals surface area contributed by atoms with E-state index in [1.165, 1.54) is 18.2 Å². The molecule has 1 N–H and O–H groups in total. The molecule has 0 aliphatic carbocycles. The van der Waals surface area contributed by atoms with Gasteiger partial charge in [0.25, 0.3) is 0 Å². The Labute approximate surface area is 74.5 Å². The van der Waals surface area contributed by atoms with Gasteiger partial charge in [-0.15, -0.1) is 0 Å². The topological polar surface area (TPSA) is 12.0 Å². The van der Waals surface area contributed by atoms with Gasteiger partial charge < -0.3 is 0 Å². The summed E-state index contributed by atoms with van der Waals surface area (Å²) < 4.78 is 25.7. The summed E-state index contributed by atoms with van der Waals surface area (Å²) in [4.78, 5) is 2.31. The van der Waals surface area contributed by atoms with E-state index in [0.717, 1.165) is 0 Å². The van der Waals surface area contributed by atoms with Crippen molar-refractivity contribution in [3.05, 3.63) is 35.4 Å². The van der Waals surface area contributed by atoms with E-state index in [1.807, 2.05) is 0 Å². The second-order valence-corrected chi connectivity index (χ2v) is 2.60. The van der Waals surface area contributed by atoms with E-state index in [9.17, 15) is 8.78 Å². The molecule has 0 radical (unpaired) electrons. The minimum absolute atomic E-state index is 0.0747. The quantitative estimate of drug-likeness (QED) is 0.723. The summed E-state index contributed by atoms with van der Waals surface area (Å²) in [5, 5.41) is 0. The molecule has 0 aromatic heterocycles. The van der Waals surface area contributed by atoms with Gasteiger partial charge in [0.15, 0.2) is 0 Å². The van der Waals surface area contributed by atoms with E-state index in [1.54, 1.807) is 0 Å². The molecule has 1 aromatic rings. The molecule has 0 bridgehead atoms. The zero-order valence-electron chi connectivity index (χ0n) is 6.28. The average molecular weight is 192 g/mol. The summed E-state index contributed by atoms with van der Waals surface area (Å²) in [7, 11) is 0. The van der Waals surface area contributed by atoms with Crippen LogP contribution in [0.25, 0.3) is 0 Å². The Bertz CT molecular complexity index is 245. The van der Waals surface area contributed by atoms with Crippen molar-refractivity contribution in [3.8, 4) is 0 Å². The standard InChI is InChI=1S/C8H8ClF2N/c9-12-5-4-6-7(10)2-1-3-8(6)11/h1-3,12H,4-5H2. The van der Waals surface area contributed by atoms with Crippen LogP contribution in [0.3, 0.4) is 0 Å². The van der Waals surface area contributed by atoms with Crippen LogP contribution in [0.4, 0.5) is 8.78 Å². The lowest BCUT2D eigenvalue weighted by atomic mass is 10.1. The molecule has 0 saturated heterocycles. The third kappa shape index (κ3) is 2.16. The molecule has 4 heteroatoms. The van der Waals surface area contributed by atoms with Crippen LogP contribution in [-0.2, 0) is 6.42 Å². The zero-order valence-corrected chi connectivity index (χ0v) is 7.04. The fourth-order valence-electron chi connectivity index (χ4n) is 0.943. The van der Waals surface area contributed by atoms with E-state index >= 15 is 0 Å². The van der Waals surface area contributed by atoms with Crippen LogP contribution in [0, 0.1) is 11.6 Å². The molecule has 0 saturated carbocycles. The largest absolute Gasteiger partial charge is 0.233 e. The highest BCUT2D eigenvalue weighted by Gasteiger charge is 2.06. The van der Waals surface area contributed by atoms with Crippen LogP contribution in [0.5, 0.6) is 0 Å². The number of rotatable bonds is 3. The second kappa shape index (κ2) is 4.38. The third-order valence-corrected chi connectivity index (χ3v) is 1.72. The fraction of sp³-hybridized carbons (Fsp3) is 0.250. The Kier molecular flexibility index (Phi) is 3.44. The maximum Gasteiger partial charge on any atom is 0.129 e. The summed E-state index contributed by atoms with van der Waals surface area (Å²) in [6, 6.07) is 3.79. The Morgan fingerprint density at radius 2 is 1.83 bits per heavy atom. The van der Waals surface area contributed by atoms with Gasteiger partial charge in [-0.1, -0.05) is 6.07 Å². The molecule has 1 aromatic carbocycles. The van der Waals surface area contributed by atoms with Crippen LogP contribution in [0.1, 0.15) is 5.56 Å². The van der Waals surface area contributed by atoms with Crippen molar-refractivity contribution in [2.75, 3.05) is 6.54 Å². The Morgan fingerprint density at radius 3 is 2.33 bits per heavy atom. The minimum Gasteiger partial charge on any atom is -0.233 e. The van der Waals surface area contributed by atoms with Crippen molar-refractivity contribution in [2.45, 2.75) is 6.42 Å². The number of halogens is 3. The highest BCUT2D eigenvalue weighted by molar-refractivity contribution is 6.13. The predicted molar refractivity (Wildman–Crippen MR) is 43.9 cm³/mol. The maximum absolute atomic E-state index is 12.9.